The van der Waals surface area contributed by atoms with E-state index in [0.717, 1.165) is 11.1 Å². The van der Waals surface area contributed by atoms with Gasteiger partial charge in [0, 0.05) is 15.6 Å². The molecule has 0 saturated carbocycles. The summed E-state index contributed by atoms with van der Waals surface area (Å²) in [5.41, 5.74) is 1.80. The molecule has 0 fully saturated rings. The molecule has 1 N–H and O–H groups in total. The first kappa shape index (κ1) is 8.35. The lowest BCUT2D eigenvalue weighted by Gasteiger charge is -2.04. The number of fused-ring (bicyclic) bond motifs is 1. The average Bonchev–Trinajstić information content (AvgIpc) is 2.68. The average molecular weight is 209 g/mol. The standard InChI is InChI=1S/C11H11NO3.H2/c1-7-6-8-4-3-5-14-10(8)9(7)15-11(13)12-2;/h3-6H,1-2H3,(H,12,13);1H/i;1+1D. The molecule has 0 radical (unpaired) electrons. The van der Waals surface area contributed by atoms with Crippen molar-refractivity contribution in [1.29, 1.82) is 0 Å². The number of amides is 1. The Hall–Kier alpha value is -1.97. The third-order valence-corrected chi connectivity index (χ3v) is 2.14. The Bertz CT molecular complexity index is 470. The van der Waals surface area contributed by atoms with Gasteiger partial charge in [-0.2, -0.15) is 0 Å². The van der Waals surface area contributed by atoms with E-state index in [1.165, 1.54) is 7.05 Å². The molecule has 0 spiro atoms. The molecule has 0 aromatic carbocycles. The van der Waals surface area contributed by atoms with Crippen molar-refractivity contribution in [2.24, 2.45) is 0 Å². The van der Waals surface area contributed by atoms with Crippen LogP contribution in [-0.2, 0) is 0 Å². The number of rotatable bonds is 1. The second-order valence-corrected chi connectivity index (χ2v) is 3.19. The van der Waals surface area contributed by atoms with Crippen LogP contribution >= 0.6 is 0 Å². The van der Waals surface area contributed by atoms with E-state index in [2.05, 4.69) is 5.32 Å². The highest BCUT2D eigenvalue weighted by atomic mass is 16.6. The summed E-state index contributed by atoms with van der Waals surface area (Å²) >= 11 is 0. The maximum absolute atomic E-state index is 11.1. The van der Waals surface area contributed by atoms with Crippen LogP contribution in [0, 0.1) is 6.92 Å². The van der Waals surface area contributed by atoms with Crippen LogP contribution < -0.4 is 10.1 Å². The van der Waals surface area contributed by atoms with E-state index in [-0.39, 0.29) is 0 Å². The molecule has 2 aliphatic rings. The second-order valence-electron chi connectivity index (χ2n) is 3.19. The molecule has 0 aromatic heterocycles. The Morgan fingerprint density at radius 3 is 3.20 bits per heavy atom. The zero-order valence-electron chi connectivity index (χ0n) is 10.5. The minimum atomic E-state index is -0.496. The van der Waals surface area contributed by atoms with E-state index in [4.69, 9.17) is 12.1 Å². The lowest BCUT2D eigenvalue weighted by atomic mass is 10.2. The van der Waals surface area contributed by atoms with Crippen molar-refractivity contribution in [2.75, 3.05) is 7.05 Å². The van der Waals surface area contributed by atoms with Crippen LogP contribution in [0.25, 0.3) is 11.3 Å². The van der Waals surface area contributed by atoms with Crippen molar-refractivity contribution in [1.82, 2.24) is 5.32 Å². The number of carbonyl (C=O) groups excluding carboxylic acids is 1. The molecule has 1 aliphatic heterocycles. The molecule has 0 aromatic rings. The molecular weight excluding hydrogens is 194 g/mol. The second kappa shape index (κ2) is 3.65. The van der Waals surface area contributed by atoms with Gasteiger partial charge in [-0.15, -0.1) is 0 Å². The van der Waals surface area contributed by atoms with Crippen molar-refractivity contribution in [3.05, 3.63) is 30.0 Å². The first-order valence-corrected chi connectivity index (χ1v) is 4.58. The van der Waals surface area contributed by atoms with Gasteiger partial charge in [-0.1, -0.05) is 0 Å². The van der Waals surface area contributed by atoms with Crippen molar-refractivity contribution in [3.8, 4) is 17.1 Å². The molecule has 0 saturated heterocycles. The van der Waals surface area contributed by atoms with E-state index in [9.17, 15) is 4.79 Å². The van der Waals surface area contributed by atoms with E-state index in [1.54, 1.807) is 12.3 Å². The Labute approximate surface area is 90.3 Å². The quantitative estimate of drug-likeness (QED) is 0.785. The van der Waals surface area contributed by atoms with Gasteiger partial charge < -0.3 is 14.5 Å². The summed E-state index contributed by atoms with van der Waals surface area (Å²) < 4.78 is 20.4. The molecular formula is C11H13NO3. The highest BCUT2D eigenvalue weighted by Crippen LogP contribution is 2.37. The fraction of sp³-hybridized carbons (Fsp3) is 0.182. The van der Waals surface area contributed by atoms with Crippen molar-refractivity contribution in [2.45, 2.75) is 6.92 Å². The summed E-state index contributed by atoms with van der Waals surface area (Å²) in [5, 5.41) is 2.39. The predicted molar refractivity (Wildman–Crippen MR) is 57.3 cm³/mol. The van der Waals surface area contributed by atoms with Crippen LogP contribution in [0.3, 0.4) is 0 Å². The largest absolute Gasteiger partial charge is 0.460 e. The molecule has 15 heavy (non-hydrogen) atoms. The van der Waals surface area contributed by atoms with Gasteiger partial charge in [-0.05, 0) is 30.7 Å². The van der Waals surface area contributed by atoms with Crippen LogP contribution in [0.1, 0.15) is 8.53 Å². The van der Waals surface area contributed by atoms with Gasteiger partial charge in [-0.25, -0.2) is 4.79 Å². The number of hydrogen-bond acceptors (Lipinski definition) is 3. The summed E-state index contributed by atoms with van der Waals surface area (Å²) in [7, 11) is 1.51. The van der Waals surface area contributed by atoms with Gasteiger partial charge in [0.2, 0.25) is 0 Å². The molecule has 4 heteroatoms. The lowest BCUT2D eigenvalue weighted by Crippen LogP contribution is -2.22. The summed E-state index contributed by atoms with van der Waals surface area (Å²) in [6, 6.07) is 5.62. The lowest BCUT2D eigenvalue weighted by molar-refractivity contribution is 0.202. The minimum absolute atomic E-state index is 0.477. The summed E-state index contributed by atoms with van der Waals surface area (Å²) in [6.45, 7) is 1.87. The highest BCUT2D eigenvalue weighted by molar-refractivity contribution is 5.78. The Morgan fingerprint density at radius 2 is 2.47 bits per heavy atom. The maximum Gasteiger partial charge on any atom is 0.412 e. The third kappa shape index (κ3) is 1.66. The van der Waals surface area contributed by atoms with Crippen molar-refractivity contribution < 1.29 is 16.9 Å². The fourth-order valence-corrected chi connectivity index (χ4v) is 1.44. The molecule has 1 aliphatic carbocycles. The van der Waals surface area contributed by atoms with Crippen LogP contribution in [0.4, 0.5) is 4.79 Å². The van der Waals surface area contributed by atoms with Gasteiger partial charge in [-0.3, -0.25) is 0 Å². The van der Waals surface area contributed by atoms with Gasteiger partial charge in [0.1, 0.15) is 0 Å². The van der Waals surface area contributed by atoms with E-state index >= 15 is 0 Å². The van der Waals surface area contributed by atoms with Crippen LogP contribution in [0.15, 0.2) is 28.9 Å². The zero-order chi connectivity index (χ0) is 12.8. The van der Waals surface area contributed by atoms with Gasteiger partial charge in [0.05, 0.1) is 6.26 Å². The van der Waals surface area contributed by atoms with E-state index in [0.29, 0.717) is 11.5 Å². The third-order valence-electron chi connectivity index (χ3n) is 2.14. The normalized spacial score (nSPS) is 10.8. The molecule has 80 valence electrons. The topological polar surface area (TPSA) is 51.5 Å². The number of aryl methyl sites for hydroxylation is 1. The molecule has 0 bridgehead atoms. The van der Waals surface area contributed by atoms with Gasteiger partial charge in [0.25, 0.3) is 0 Å². The van der Waals surface area contributed by atoms with E-state index < -0.39 is 6.09 Å². The van der Waals surface area contributed by atoms with E-state index in [1.807, 2.05) is 19.1 Å². The SMILES string of the molecule is CNC(=O)Oc1c(C)cc2cccoc1-2.[2H][2H]. The molecule has 1 heterocycles. The Morgan fingerprint density at radius 1 is 1.67 bits per heavy atom. The van der Waals surface area contributed by atoms with Crippen molar-refractivity contribution in [3.63, 3.8) is 0 Å². The Kier molecular flexibility index (Phi) is 2.03. The minimum Gasteiger partial charge on any atom is -0.460 e. The number of hydrogen-bond donors (Lipinski definition) is 1. The summed E-state index contributed by atoms with van der Waals surface area (Å²) in [4.78, 5) is 11.1. The smallest absolute Gasteiger partial charge is 0.412 e. The first-order valence-electron chi connectivity index (χ1n) is 5.58. The van der Waals surface area contributed by atoms with Crippen molar-refractivity contribution >= 4 is 6.09 Å². The highest BCUT2D eigenvalue weighted by Gasteiger charge is 2.18. The zero-order valence-corrected chi connectivity index (χ0v) is 8.53. The number of nitrogens with one attached hydrogen (secondary N) is 1. The molecule has 4 nitrogen and oxygen atoms in total. The monoisotopic (exact) mass is 209 g/mol. The predicted octanol–water partition coefficient (Wildman–Crippen LogP) is 2.66. The first-order chi connectivity index (χ1) is 8.22. The number of ether oxygens (including phenoxy) is 1. The van der Waals surface area contributed by atoms with Gasteiger partial charge in [0.15, 0.2) is 11.5 Å². The van der Waals surface area contributed by atoms with Gasteiger partial charge >= 0.3 is 6.09 Å². The van der Waals surface area contributed by atoms with Crippen LogP contribution in [0.5, 0.6) is 5.75 Å². The van der Waals surface area contributed by atoms with Crippen LogP contribution in [-0.4, -0.2) is 13.1 Å². The molecule has 0 unspecified atom stereocenters. The molecule has 1 amide bonds. The molecule has 0 atom stereocenters. The summed E-state index contributed by atoms with van der Waals surface area (Å²) in [6.07, 6.45) is 1.06. The summed E-state index contributed by atoms with van der Waals surface area (Å²) in [5.74, 6) is 1.07. The number of carbonyl (C=O) groups is 1. The fourth-order valence-electron chi connectivity index (χ4n) is 1.44. The maximum atomic E-state index is 11.1. The molecule has 2 rings (SSSR count). The van der Waals surface area contributed by atoms with Crippen LogP contribution in [0.2, 0.25) is 0 Å². The Balaban J connectivity index is 0.000000686.